The van der Waals surface area contributed by atoms with E-state index in [1.165, 1.54) is 0 Å². The number of epoxide rings is 1. The summed E-state index contributed by atoms with van der Waals surface area (Å²) >= 11 is 0. The highest BCUT2D eigenvalue weighted by Gasteiger charge is 2.22. The van der Waals surface area contributed by atoms with Gasteiger partial charge in [-0.15, -0.1) is 0 Å². The van der Waals surface area contributed by atoms with E-state index in [4.69, 9.17) is 9.47 Å². The van der Waals surface area contributed by atoms with Crippen molar-refractivity contribution in [2.24, 2.45) is 0 Å². The minimum Gasteiger partial charge on any atom is -0.491 e. The van der Waals surface area contributed by atoms with Gasteiger partial charge < -0.3 is 9.47 Å². The largest absolute Gasteiger partial charge is 0.491 e. The first-order valence-corrected chi connectivity index (χ1v) is 3.56. The quantitative estimate of drug-likeness (QED) is 0.339. The van der Waals surface area contributed by atoms with Crippen molar-refractivity contribution in [3.63, 3.8) is 0 Å². The Morgan fingerprint density at radius 3 is 2.82 bits per heavy atom. The average molecular weight is 152 g/mol. The summed E-state index contributed by atoms with van der Waals surface area (Å²) in [6, 6.07) is 0. The van der Waals surface area contributed by atoms with Gasteiger partial charge in [0.25, 0.3) is 0 Å². The second-order valence-corrected chi connectivity index (χ2v) is 2.28. The Morgan fingerprint density at radius 2 is 2.36 bits per heavy atom. The molecule has 0 bridgehead atoms. The zero-order valence-corrected chi connectivity index (χ0v) is 6.45. The summed E-state index contributed by atoms with van der Waals surface area (Å²) in [5.41, 5.74) is 0. The van der Waals surface area contributed by atoms with Gasteiger partial charge in [-0.2, -0.15) is 0 Å². The normalized spacial score (nSPS) is 22.5. The van der Waals surface area contributed by atoms with Crippen molar-refractivity contribution in [1.82, 2.24) is 0 Å². The van der Waals surface area contributed by atoms with E-state index < -0.39 is 0 Å². The van der Waals surface area contributed by atoms with E-state index in [1.54, 1.807) is 18.2 Å². The summed E-state index contributed by atoms with van der Waals surface area (Å²) in [4.78, 5) is 0. The van der Waals surface area contributed by atoms with Gasteiger partial charge in [0.15, 0.2) is 0 Å². The van der Waals surface area contributed by atoms with E-state index in [1.807, 2.05) is 0 Å². The maximum absolute atomic E-state index is 5.30. The van der Waals surface area contributed by atoms with Crippen LogP contribution in [0.2, 0.25) is 0 Å². The van der Waals surface area contributed by atoms with Gasteiger partial charge in [0, 0.05) is 0 Å². The summed E-state index contributed by atoms with van der Waals surface area (Å²) < 4.78 is 10.3. The molecule has 1 fully saturated rings. The molecule has 0 aromatic carbocycles. The molecule has 0 aromatic rings. The molecule has 0 amide bonds. The second-order valence-electron chi connectivity index (χ2n) is 2.28. The van der Waals surface area contributed by atoms with Gasteiger partial charge in [-0.05, 0) is 12.2 Å². The molecule has 2 heteroatoms. The van der Waals surface area contributed by atoms with Crippen molar-refractivity contribution in [1.29, 1.82) is 0 Å². The smallest absolute Gasteiger partial charge is 0.118 e. The zero-order chi connectivity index (χ0) is 8.10. The van der Waals surface area contributed by atoms with Gasteiger partial charge in [0.05, 0.1) is 6.61 Å². The van der Waals surface area contributed by atoms with Gasteiger partial charge in [-0.3, -0.25) is 0 Å². The molecule has 60 valence electrons. The van der Waals surface area contributed by atoms with E-state index in [9.17, 15) is 0 Å². The van der Waals surface area contributed by atoms with E-state index in [0.717, 1.165) is 12.4 Å². The molecule has 1 aliphatic rings. The van der Waals surface area contributed by atoms with Crippen molar-refractivity contribution < 1.29 is 9.47 Å². The third-order valence-electron chi connectivity index (χ3n) is 1.32. The first-order valence-electron chi connectivity index (χ1n) is 3.56. The minimum absolute atomic E-state index is 0.295. The van der Waals surface area contributed by atoms with Crippen LogP contribution in [0.1, 0.15) is 0 Å². The van der Waals surface area contributed by atoms with Crippen LogP contribution in [0, 0.1) is 0 Å². The lowest BCUT2D eigenvalue weighted by molar-refractivity contribution is 0.193. The highest BCUT2D eigenvalue weighted by molar-refractivity contribution is 5.14. The number of rotatable bonds is 5. The van der Waals surface area contributed by atoms with Crippen LogP contribution in [-0.2, 0) is 9.47 Å². The molecular weight excluding hydrogens is 140 g/mol. The number of hydrogen-bond donors (Lipinski definition) is 0. The Labute approximate surface area is 66.8 Å². The van der Waals surface area contributed by atoms with Gasteiger partial charge >= 0.3 is 0 Å². The van der Waals surface area contributed by atoms with Gasteiger partial charge in [0.1, 0.15) is 18.5 Å². The SMILES string of the molecule is C=CC=C(C=C)OCC1CO1. The fraction of sp³-hybridized carbons (Fsp3) is 0.333. The molecule has 0 aliphatic carbocycles. The molecule has 0 radical (unpaired) electrons. The van der Waals surface area contributed by atoms with E-state index in [2.05, 4.69) is 13.2 Å². The Bertz CT molecular complexity index is 178. The van der Waals surface area contributed by atoms with Gasteiger partial charge in [-0.25, -0.2) is 0 Å². The van der Waals surface area contributed by atoms with Gasteiger partial charge in [0.2, 0.25) is 0 Å². The van der Waals surface area contributed by atoms with Crippen molar-refractivity contribution in [3.8, 4) is 0 Å². The van der Waals surface area contributed by atoms with E-state index in [0.29, 0.717) is 12.7 Å². The number of ether oxygens (including phenoxy) is 2. The van der Waals surface area contributed by atoms with E-state index in [-0.39, 0.29) is 0 Å². The number of allylic oxidation sites excluding steroid dienone is 3. The molecule has 1 unspecified atom stereocenters. The van der Waals surface area contributed by atoms with Crippen LogP contribution in [0.25, 0.3) is 0 Å². The highest BCUT2D eigenvalue weighted by Crippen LogP contribution is 2.11. The lowest BCUT2D eigenvalue weighted by atomic mass is 10.4. The Hall–Kier alpha value is -1.02. The van der Waals surface area contributed by atoms with Crippen molar-refractivity contribution in [2.45, 2.75) is 6.10 Å². The number of hydrogen-bond acceptors (Lipinski definition) is 2. The van der Waals surface area contributed by atoms with Gasteiger partial charge in [-0.1, -0.05) is 19.2 Å². The lowest BCUT2D eigenvalue weighted by Crippen LogP contribution is -1.99. The van der Waals surface area contributed by atoms with Crippen LogP contribution in [-0.4, -0.2) is 19.3 Å². The summed E-state index contributed by atoms with van der Waals surface area (Å²) in [5, 5.41) is 0. The maximum atomic E-state index is 5.30. The summed E-state index contributed by atoms with van der Waals surface area (Å²) in [6.07, 6.45) is 5.40. The van der Waals surface area contributed by atoms with Crippen LogP contribution in [0.3, 0.4) is 0 Å². The fourth-order valence-corrected chi connectivity index (χ4v) is 0.645. The van der Waals surface area contributed by atoms with E-state index >= 15 is 0 Å². The highest BCUT2D eigenvalue weighted by atomic mass is 16.6. The van der Waals surface area contributed by atoms with Crippen molar-refractivity contribution in [2.75, 3.05) is 13.2 Å². The molecule has 0 aromatic heterocycles. The second kappa shape index (κ2) is 3.98. The van der Waals surface area contributed by atoms with Crippen molar-refractivity contribution in [3.05, 3.63) is 37.1 Å². The minimum atomic E-state index is 0.295. The van der Waals surface area contributed by atoms with Crippen LogP contribution < -0.4 is 0 Å². The third kappa shape index (κ3) is 3.05. The molecule has 1 saturated heterocycles. The molecule has 1 aliphatic heterocycles. The molecule has 1 rings (SSSR count). The molecule has 11 heavy (non-hydrogen) atoms. The molecule has 1 heterocycles. The Morgan fingerprint density at radius 1 is 1.64 bits per heavy atom. The zero-order valence-electron chi connectivity index (χ0n) is 6.45. The molecule has 1 atom stereocenters. The lowest BCUT2D eigenvalue weighted by Gasteiger charge is -2.02. The molecule has 0 N–H and O–H groups in total. The maximum Gasteiger partial charge on any atom is 0.118 e. The molecule has 0 spiro atoms. The van der Waals surface area contributed by atoms with Crippen LogP contribution in [0.15, 0.2) is 37.1 Å². The summed E-state index contributed by atoms with van der Waals surface area (Å²) in [6.45, 7) is 8.59. The Balaban J connectivity index is 2.23. The average Bonchev–Trinajstić information content (AvgIpc) is 2.81. The topological polar surface area (TPSA) is 21.8 Å². The monoisotopic (exact) mass is 152 g/mol. The Kier molecular flexibility index (Phi) is 2.93. The molecule has 0 saturated carbocycles. The molecular formula is C9H12O2. The molecule has 2 nitrogen and oxygen atoms in total. The van der Waals surface area contributed by atoms with Crippen LogP contribution in [0.4, 0.5) is 0 Å². The third-order valence-corrected chi connectivity index (χ3v) is 1.32. The van der Waals surface area contributed by atoms with Crippen LogP contribution in [0.5, 0.6) is 0 Å². The first-order chi connectivity index (χ1) is 5.36. The predicted molar refractivity (Wildman–Crippen MR) is 44.2 cm³/mol. The first kappa shape index (κ1) is 8.08. The predicted octanol–water partition coefficient (Wildman–Crippen LogP) is 1.66. The fourth-order valence-electron chi connectivity index (χ4n) is 0.645. The van der Waals surface area contributed by atoms with Crippen LogP contribution >= 0.6 is 0 Å². The summed E-state index contributed by atoms with van der Waals surface area (Å²) in [7, 11) is 0. The standard InChI is InChI=1S/C9H12O2/c1-3-5-8(4-2)10-6-9-7-11-9/h3-5,9H,1-2,6-7H2. The summed E-state index contributed by atoms with van der Waals surface area (Å²) in [5.74, 6) is 0.746. The van der Waals surface area contributed by atoms with Crippen molar-refractivity contribution >= 4 is 0 Å².